The van der Waals surface area contributed by atoms with Gasteiger partial charge in [0.05, 0.1) is 30.7 Å². The van der Waals surface area contributed by atoms with Crippen LogP contribution in [0.25, 0.3) is 6.08 Å². The first-order valence-corrected chi connectivity index (χ1v) is 12.5. The van der Waals surface area contributed by atoms with E-state index in [1.807, 2.05) is 5.32 Å². The number of non-ortho nitro benzene ring substituents is 1. The first kappa shape index (κ1) is 28.8. The molecule has 1 saturated heterocycles. The summed E-state index contributed by atoms with van der Waals surface area (Å²) in [6.07, 6.45) is 1.15. The number of urea groups is 1. The maximum absolute atomic E-state index is 13.1. The van der Waals surface area contributed by atoms with Gasteiger partial charge in [0.25, 0.3) is 23.4 Å². The maximum atomic E-state index is 13.1. The summed E-state index contributed by atoms with van der Waals surface area (Å²) in [7, 11) is 0. The van der Waals surface area contributed by atoms with E-state index in [0.717, 1.165) is 18.2 Å². The molecule has 1 fully saturated rings. The van der Waals surface area contributed by atoms with Crippen molar-refractivity contribution >= 4 is 93.3 Å². The van der Waals surface area contributed by atoms with Crippen LogP contribution >= 0.6 is 46.4 Å². The molecule has 1 heterocycles. The van der Waals surface area contributed by atoms with Crippen molar-refractivity contribution in [3.8, 4) is 5.75 Å². The minimum atomic E-state index is -1.03. The van der Waals surface area contributed by atoms with Gasteiger partial charge >= 0.3 is 6.03 Å². The van der Waals surface area contributed by atoms with Crippen LogP contribution < -0.4 is 20.3 Å². The average Bonchev–Trinajstić information content (AvgIpc) is 2.88. The zero-order chi connectivity index (χ0) is 29.1. The Kier molecular flexibility index (Phi) is 8.60. The van der Waals surface area contributed by atoms with E-state index < -0.39 is 40.9 Å². The Morgan fingerprint density at radius 3 is 2.20 bits per heavy atom. The van der Waals surface area contributed by atoms with Crippen molar-refractivity contribution in [2.24, 2.45) is 0 Å². The third-order valence-electron chi connectivity index (χ3n) is 5.30. The first-order chi connectivity index (χ1) is 18.9. The molecular weight excluding hydrogens is 610 g/mol. The summed E-state index contributed by atoms with van der Waals surface area (Å²) in [4.78, 5) is 61.1. The number of imide groups is 2. The van der Waals surface area contributed by atoms with Gasteiger partial charge in [-0.3, -0.25) is 29.8 Å². The van der Waals surface area contributed by atoms with Crippen molar-refractivity contribution in [3.63, 3.8) is 0 Å². The molecule has 0 atom stereocenters. The lowest BCUT2D eigenvalue weighted by molar-refractivity contribution is -0.384. The summed E-state index contributed by atoms with van der Waals surface area (Å²) in [5.74, 6) is -2.53. The van der Waals surface area contributed by atoms with Crippen LogP contribution in [-0.2, 0) is 14.4 Å². The molecule has 11 nitrogen and oxygen atoms in total. The van der Waals surface area contributed by atoms with E-state index in [2.05, 4.69) is 5.32 Å². The van der Waals surface area contributed by atoms with Crippen LogP contribution in [0.2, 0.25) is 20.1 Å². The van der Waals surface area contributed by atoms with Crippen LogP contribution in [-0.4, -0.2) is 35.3 Å². The molecule has 15 heteroatoms. The van der Waals surface area contributed by atoms with Crippen LogP contribution in [0.4, 0.5) is 21.9 Å². The molecule has 1 aliphatic heterocycles. The molecule has 0 saturated carbocycles. The molecule has 1 aliphatic rings. The molecule has 2 N–H and O–H groups in total. The van der Waals surface area contributed by atoms with Gasteiger partial charge in [0, 0.05) is 17.8 Å². The van der Waals surface area contributed by atoms with Gasteiger partial charge in [-0.1, -0.05) is 46.4 Å². The topological polar surface area (TPSA) is 148 Å². The summed E-state index contributed by atoms with van der Waals surface area (Å²) < 4.78 is 5.46. The first-order valence-electron chi connectivity index (χ1n) is 11.0. The molecule has 0 unspecified atom stereocenters. The van der Waals surface area contributed by atoms with Crippen molar-refractivity contribution in [1.82, 2.24) is 5.32 Å². The fraction of sp³-hybridized carbons (Fsp3) is 0.0400. The SMILES string of the molecule is O=C(COc1c(Cl)cc(/C=C2/C(=O)NC(=O)N(c3ccc([N+](=O)[O-])cc3)C2=O)cc1Cl)Nc1ccc(Cl)c(Cl)c1. The van der Waals surface area contributed by atoms with Gasteiger partial charge in [-0.2, -0.15) is 0 Å². The van der Waals surface area contributed by atoms with E-state index in [1.165, 1.54) is 36.4 Å². The lowest BCUT2D eigenvalue weighted by Crippen LogP contribution is -2.54. The molecule has 0 aliphatic carbocycles. The largest absolute Gasteiger partial charge is 0.481 e. The number of ether oxygens (including phenoxy) is 1. The number of carbonyl (C=O) groups is 4. The highest BCUT2D eigenvalue weighted by Gasteiger charge is 2.37. The Bertz CT molecular complexity index is 1590. The van der Waals surface area contributed by atoms with Crippen LogP contribution in [0.3, 0.4) is 0 Å². The van der Waals surface area contributed by atoms with E-state index in [4.69, 9.17) is 51.1 Å². The van der Waals surface area contributed by atoms with E-state index in [1.54, 1.807) is 6.07 Å². The van der Waals surface area contributed by atoms with E-state index in [0.29, 0.717) is 15.6 Å². The number of nitrogens with zero attached hydrogens (tertiary/aromatic N) is 2. The summed E-state index contributed by atoms with van der Waals surface area (Å²) in [5.41, 5.74) is -0.0814. The van der Waals surface area contributed by atoms with Gasteiger partial charge in [0.1, 0.15) is 5.57 Å². The quantitative estimate of drug-likeness (QED) is 0.144. The minimum Gasteiger partial charge on any atom is -0.481 e. The maximum Gasteiger partial charge on any atom is 0.335 e. The molecule has 40 heavy (non-hydrogen) atoms. The highest BCUT2D eigenvalue weighted by Crippen LogP contribution is 2.35. The van der Waals surface area contributed by atoms with Crippen molar-refractivity contribution in [1.29, 1.82) is 0 Å². The number of halogens is 4. The fourth-order valence-corrected chi connectivity index (χ4v) is 4.40. The Hall–Kier alpha value is -4.16. The standard InChI is InChI=1S/C25H14Cl4N4O7/c26-17-6-1-13(10-18(17)27)30-21(34)11-40-22-19(28)8-12(9-20(22)29)7-16-23(35)31-25(37)32(24(16)36)14-2-4-15(5-3-14)33(38)39/h1-10H,11H2,(H,30,34)(H,31,35,37)/b16-7-. The predicted molar refractivity (Wildman–Crippen MR) is 149 cm³/mol. The Balaban J connectivity index is 1.51. The number of nitro benzene ring substituents is 1. The number of nitro groups is 1. The second kappa shape index (κ2) is 11.9. The molecule has 0 spiro atoms. The number of anilines is 2. The van der Waals surface area contributed by atoms with Gasteiger partial charge in [0.2, 0.25) is 0 Å². The van der Waals surface area contributed by atoms with Crippen molar-refractivity contribution in [3.05, 3.63) is 95.9 Å². The Labute approximate surface area is 245 Å². The molecule has 3 aromatic carbocycles. The summed E-state index contributed by atoms with van der Waals surface area (Å²) in [5, 5.41) is 16.0. The minimum absolute atomic E-state index is 0.00506. The normalized spacial score (nSPS) is 14.2. The fourth-order valence-electron chi connectivity index (χ4n) is 3.49. The second-order valence-electron chi connectivity index (χ2n) is 8.01. The van der Waals surface area contributed by atoms with Crippen molar-refractivity contribution in [2.75, 3.05) is 16.8 Å². The summed E-state index contributed by atoms with van der Waals surface area (Å²) in [6, 6.07) is 10.8. The Morgan fingerprint density at radius 2 is 1.60 bits per heavy atom. The molecular formula is C25H14Cl4N4O7. The zero-order valence-electron chi connectivity index (χ0n) is 19.7. The average molecular weight is 624 g/mol. The third-order valence-corrected chi connectivity index (χ3v) is 6.60. The molecule has 4 rings (SSSR count). The van der Waals surface area contributed by atoms with E-state index in [9.17, 15) is 29.3 Å². The van der Waals surface area contributed by atoms with Crippen LogP contribution in [0.15, 0.2) is 60.2 Å². The number of rotatable bonds is 7. The van der Waals surface area contributed by atoms with Gasteiger partial charge in [0.15, 0.2) is 12.4 Å². The number of nitrogens with one attached hydrogen (secondary N) is 2. The van der Waals surface area contributed by atoms with Crippen molar-refractivity contribution in [2.45, 2.75) is 0 Å². The molecule has 0 aromatic heterocycles. The number of barbiturate groups is 1. The van der Waals surface area contributed by atoms with E-state index in [-0.39, 0.29) is 37.8 Å². The van der Waals surface area contributed by atoms with Gasteiger partial charge < -0.3 is 10.1 Å². The number of carbonyl (C=O) groups excluding carboxylic acids is 4. The van der Waals surface area contributed by atoms with Crippen LogP contribution in [0, 0.1) is 10.1 Å². The second-order valence-corrected chi connectivity index (χ2v) is 9.64. The smallest absolute Gasteiger partial charge is 0.335 e. The summed E-state index contributed by atoms with van der Waals surface area (Å²) in [6.45, 7) is -0.465. The van der Waals surface area contributed by atoms with E-state index >= 15 is 0 Å². The molecule has 204 valence electrons. The molecule has 0 radical (unpaired) electrons. The third kappa shape index (κ3) is 6.35. The molecule has 3 aromatic rings. The highest BCUT2D eigenvalue weighted by molar-refractivity contribution is 6.42. The van der Waals surface area contributed by atoms with Gasteiger partial charge in [-0.25, -0.2) is 9.69 Å². The zero-order valence-corrected chi connectivity index (χ0v) is 22.8. The summed E-state index contributed by atoms with van der Waals surface area (Å²) >= 11 is 24.4. The number of amides is 5. The number of benzene rings is 3. The predicted octanol–water partition coefficient (Wildman–Crippen LogP) is 5.89. The van der Waals surface area contributed by atoms with Crippen LogP contribution in [0.1, 0.15) is 5.56 Å². The lowest BCUT2D eigenvalue weighted by atomic mass is 10.1. The number of hydrogen-bond acceptors (Lipinski definition) is 7. The van der Waals surface area contributed by atoms with Gasteiger partial charge in [-0.15, -0.1) is 0 Å². The van der Waals surface area contributed by atoms with Crippen LogP contribution in [0.5, 0.6) is 5.75 Å². The molecule has 5 amide bonds. The Morgan fingerprint density at radius 1 is 0.950 bits per heavy atom. The van der Waals surface area contributed by atoms with Gasteiger partial charge in [-0.05, 0) is 54.1 Å². The highest BCUT2D eigenvalue weighted by atomic mass is 35.5. The number of hydrogen-bond donors (Lipinski definition) is 2. The lowest BCUT2D eigenvalue weighted by Gasteiger charge is -2.26. The van der Waals surface area contributed by atoms with Crippen molar-refractivity contribution < 1.29 is 28.8 Å². The molecule has 0 bridgehead atoms. The monoisotopic (exact) mass is 622 g/mol.